The number of anilines is 1. The fourth-order valence-corrected chi connectivity index (χ4v) is 4.31. The molecule has 2 aromatic rings. The van der Waals surface area contributed by atoms with Crippen LogP contribution >= 0.6 is 0 Å². The smallest absolute Gasteiger partial charge is 0.271 e. The highest BCUT2D eigenvalue weighted by atomic mass is 32.2. The van der Waals surface area contributed by atoms with Crippen LogP contribution in [-0.4, -0.2) is 43.8 Å². The summed E-state index contributed by atoms with van der Waals surface area (Å²) in [5, 5.41) is 10.9. The number of piperazine rings is 1. The van der Waals surface area contributed by atoms with Gasteiger partial charge in [0.25, 0.3) is 5.69 Å². The first-order valence-electron chi connectivity index (χ1n) is 7.85. The van der Waals surface area contributed by atoms with Crippen LogP contribution in [-0.2, 0) is 10.0 Å². The molecule has 3 rings (SSSR count). The highest BCUT2D eigenvalue weighted by Crippen LogP contribution is 2.26. The lowest BCUT2D eigenvalue weighted by Gasteiger charge is -2.35. The van der Waals surface area contributed by atoms with Crippen LogP contribution in [0.4, 0.5) is 24.5 Å². The third-order valence-corrected chi connectivity index (χ3v) is 6.18. The number of sulfonamides is 1. The molecule has 1 fully saturated rings. The van der Waals surface area contributed by atoms with Crippen molar-refractivity contribution in [3.63, 3.8) is 0 Å². The zero-order valence-electron chi connectivity index (χ0n) is 13.8. The van der Waals surface area contributed by atoms with Gasteiger partial charge in [-0.1, -0.05) is 6.07 Å². The van der Waals surface area contributed by atoms with E-state index in [0.717, 1.165) is 4.31 Å². The fourth-order valence-electron chi connectivity index (χ4n) is 2.84. The number of non-ortho nitro benzene ring substituents is 1. The Balaban J connectivity index is 1.78. The summed E-state index contributed by atoms with van der Waals surface area (Å²) in [5.74, 6) is -5.07. The summed E-state index contributed by atoms with van der Waals surface area (Å²) in [4.78, 5) is 11.2. The Bertz CT molecular complexity index is 992. The quantitative estimate of drug-likeness (QED) is 0.447. The van der Waals surface area contributed by atoms with E-state index in [2.05, 4.69) is 0 Å². The van der Waals surface area contributed by atoms with Gasteiger partial charge in [-0.3, -0.25) is 10.1 Å². The normalized spacial score (nSPS) is 15.7. The second kappa shape index (κ2) is 7.16. The van der Waals surface area contributed by atoms with Crippen LogP contribution in [0.15, 0.2) is 41.3 Å². The van der Waals surface area contributed by atoms with E-state index in [1.54, 1.807) is 11.0 Å². The van der Waals surface area contributed by atoms with Gasteiger partial charge in [0.15, 0.2) is 17.5 Å². The Morgan fingerprint density at radius 2 is 1.63 bits per heavy atom. The van der Waals surface area contributed by atoms with Crippen molar-refractivity contribution in [3.8, 4) is 0 Å². The van der Waals surface area contributed by atoms with Gasteiger partial charge in [0, 0.05) is 44.0 Å². The number of rotatable bonds is 4. The average molecular weight is 401 g/mol. The summed E-state index contributed by atoms with van der Waals surface area (Å²) in [6.07, 6.45) is 0. The van der Waals surface area contributed by atoms with Gasteiger partial charge in [-0.15, -0.1) is 0 Å². The zero-order chi connectivity index (χ0) is 19.8. The predicted octanol–water partition coefficient (Wildman–Crippen LogP) is 2.52. The molecular formula is C16H14F3N3O4S. The van der Waals surface area contributed by atoms with Crippen molar-refractivity contribution in [2.24, 2.45) is 0 Å². The van der Waals surface area contributed by atoms with Gasteiger partial charge in [0.1, 0.15) is 4.90 Å². The average Bonchev–Trinajstić information content (AvgIpc) is 2.66. The van der Waals surface area contributed by atoms with E-state index in [1.165, 1.54) is 18.2 Å². The van der Waals surface area contributed by atoms with Gasteiger partial charge in [0.05, 0.1) is 4.92 Å². The van der Waals surface area contributed by atoms with Gasteiger partial charge in [0.2, 0.25) is 10.0 Å². The third-order valence-electron chi connectivity index (χ3n) is 4.26. The Labute approximate surface area is 152 Å². The summed E-state index contributed by atoms with van der Waals surface area (Å²) in [6.45, 7) is 0.324. The summed E-state index contributed by atoms with van der Waals surface area (Å²) in [5.41, 5.74) is 0.465. The zero-order valence-corrected chi connectivity index (χ0v) is 14.6. The van der Waals surface area contributed by atoms with Gasteiger partial charge in [-0.05, 0) is 18.2 Å². The van der Waals surface area contributed by atoms with Gasteiger partial charge in [-0.2, -0.15) is 4.31 Å². The lowest BCUT2D eigenvalue weighted by Crippen LogP contribution is -2.48. The number of nitro benzene ring substituents is 1. The Morgan fingerprint density at radius 3 is 2.26 bits per heavy atom. The number of nitro groups is 1. The Hall–Kier alpha value is -2.66. The molecule has 0 atom stereocenters. The van der Waals surface area contributed by atoms with Crippen molar-refractivity contribution in [1.29, 1.82) is 0 Å². The minimum Gasteiger partial charge on any atom is -0.369 e. The van der Waals surface area contributed by atoms with E-state index in [-0.39, 0.29) is 31.9 Å². The minimum absolute atomic E-state index is 0.0382. The van der Waals surface area contributed by atoms with Crippen LogP contribution in [0.3, 0.4) is 0 Å². The molecule has 0 aromatic heterocycles. The molecule has 0 radical (unpaired) electrons. The molecule has 1 aliphatic heterocycles. The number of halogens is 3. The topological polar surface area (TPSA) is 83.8 Å². The highest BCUT2D eigenvalue weighted by molar-refractivity contribution is 7.89. The second-order valence-electron chi connectivity index (χ2n) is 5.84. The molecule has 0 amide bonds. The fraction of sp³-hybridized carbons (Fsp3) is 0.250. The van der Waals surface area contributed by atoms with Gasteiger partial charge >= 0.3 is 0 Å². The first-order valence-corrected chi connectivity index (χ1v) is 9.29. The lowest BCUT2D eigenvalue weighted by atomic mass is 10.2. The SMILES string of the molecule is O=[N+]([O-])c1cccc(N2CCN(S(=O)(=O)c3ccc(F)c(F)c3F)CC2)c1. The van der Waals surface area contributed by atoms with Gasteiger partial charge in [-0.25, -0.2) is 21.6 Å². The number of hydrogen-bond donors (Lipinski definition) is 0. The lowest BCUT2D eigenvalue weighted by molar-refractivity contribution is -0.384. The predicted molar refractivity (Wildman–Crippen MR) is 90.4 cm³/mol. The molecule has 11 heteroatoms. The van der Waals surface area contributed by atoms with Crippen LogP contribution in [0.1, 0.15) is 0 Å². The largest absolute Gasteiger partial charge is 0.369 e. The molecule has 0 saturated carbocycles. The maximum Gasteiger partial charge on any atom is 0.271 e. The molecule has 144 valence electrons. The molecule has 1 heterocycles. The van der Waals surface area contributed by atoms with Crippen LogP contribution in [0.25, 0.3) is 0 Å². The molecule has 1 aliphatic rings. The molecule has 0 aliphatic carbocycles. The highest BCUT2D eigenvalue weighted by Gasteiger charge is 2.32. The van der Waals surface area contributed by atoms with Crippen molar-refractivity contribution in [2.45, 2.75) is 4.90 Å². The monoisotopic (exact) mass is 401 g/mol. The standard InChI is InChI=1S/C16H14F3N3O4S/c17-13-4-5-14(16(19)15(13)18)27(25,26)21-8-6-20(7-9-21)11-2-1-3-12(10-11)22(23)24/h1-5,10H,6-9H2. The second-order valence-corrected chi connectivity index (χ2v) is 7.75. The van der Waals surface area contributed by atoms with Crippen molar-refractivity contribution in [1.82, 2.24) is 4.31 Å². The summed E-state index contributed by atoms with van der Waals surface area (Å²) < 4.78 is 66.4. The molecule has 0 spiro atoms. The molecule has 7 nitrogen and oxygen atoms in total. The minimum atomic E-state index is -4.34. The van der Waals surface area contributed by atoms with Crippen LogP contribution in [0, 0.1) is 27.6 Å². The Morgan fingerprint density at radius 1 is 0.963 bits per heavy atom. The van der Waals surface area contributed by atoms with Crippen LogP contribution in [0.2, 0.25) is 0 Å². The molecule has 1 saturated heterocycles. The third kappa shape index (κ3) is 3.60. The van der Waals surface area contributed by atoms with Crippen molar-refractivity contribution in [3.05, 3.63) is 64.0 Å². The van der Waals surface area contributed by atoms with Crippen molar-refractivity contribution in [2.75, 3.05) is 31.1 Å². The summed E-state index contributed by atoms with van der Waals surface area (Å²) >= 11 is 0. The van der Waals surface area contributed by atoms with E-state index in [9.17, 15) is 31.7 Å². The first-order chi connectivity index (χ1) is 12.7. The molecule has 27 heavy (non-hydrogen) atoms. The molecule has 0 bridgehead atoms. The van der Waals surface area contributed by atoms with E-state index in [4.69, 9.17) is 0 Å². The van der Waals surface area contributed by atoms with Crippen LogP contribution < -0.4 is 4.90 Å². The number of hydrogen-bond acceptors (Lipinski definition) is 5. The molecule has 0 unspecified atom stereocenters. The molecular weight excluding hydrogens is 387 g/mol. The van der Waals surface area contributed by atoms with Gasteiger partial charge < -0.3 is 4.90 Å². The summed E-state index contributed by atoms with van der Waals surface area (Å²) in [6, 6.07) is 7.15. The maximum absolute atomic E-state index is 13.9. The molecule has 2 aromatic carbocycles. The number of nitrogens with zero attached hydrogens (tertiary/aromatic N) is 3. The molecule has 0 N–H and O–H groups in total. The van der Waals surface area contributed by atoms with Crippen molar-refractivity contribution >= 4 is 21.4 Å². The Kier molecular flexibility index (Phi) is 5.07. The van der Waals surface area contributed by atoms with E-state index >= 15 is 0 Å². The van der Waals surface area contributed by atoms with E-state index in [0.29, 0.717) is 17.8 Å². The maximum atomic E-state index is 13.9. The summed E-state index contributed by atoms with van der Waals surface area (Å²) in [7, 11) is -4.34. The van der Waals surface area contributed by atoms with Crippen molar-refractivity contribution < 1.29 is 26.5 Å². The van der Waals surface area contributed by atoms with Crippen LogP contribution in [0.5, 0.6) is 0 Å². The van der Waals surface area contributed by atoms with E-state index < -0.39 is 37.3 Å². The number of benzene rings is 2. The van der Waals surface area contributed by atoms with E-state index in [1.807, 2.05) is 0 Å². The first kappa shape index (κ1) is 19.1.